The molecular weight excluding hydrogens is 394 g/mol. The van der Waals surface area contributed by atoms with Crippen LogP contribution in [0.1, 0.15) is 16.7 Å². The van der Waals surface area contributed by atoms with Crippen molar-refractivity contribution in [1.82, 2.24) is 24.7 Å². The zero-order valence-electron chi connectivity index (χ0n) is 17.6. The lowest BCUT2D eigenvalue weighted by Crippen LogP contribution is -2.32. The monoisotopic (exact) mass is 417 g/mol. The maximum Gasteiger partial charge on any atom is 0.367 e. The van der Waals surface area contributed by atoms with Crippen LogP contribution in [-0.4, -0.2) is 32.4 Å². The first kappa shape index (κ1) is 20.3. The molecule has 2 aromatic heterocycles. The molecule has 0 spiro atoms. The number of amides is 1. The van der Waals surface area contributed by atoms with Gasteiger partial charge in [-0.25, -0.2) is 9.48 Å². The Morgan fingerprint density at radius 3 is 2.61 bits per heavy atom. The molecule has 8 nitrogen and oxygen atoms in total. The third-order valence-corrected chi connectivity index (χ3v) is 5.20. The number of carbonyl (C=O) groups is 1. The number of carbonyl (C=O) groups excluding carboxylic acids is 1. The summed E-state index contributed by atoms with van der Waals surface area (Å²) in [5, 5.41) is 11.5. The van der Waals surface area contributed by atoms with Crippen molar-refractivity contribution < 1.29 is 9.53 Å². The Balaban J connectivity index is 1.53. The highest BCUT2D eigenvalue weighted by atomic mass is 16.5. The van der Waals surface area contributed by atoms with Gasteiger partial charge in [0.05, 0.1) is 12.8 Å². The average Bonchev–Trinajstić information content (AvgIpc) is 3.09. The zero-order chi connectivity index (χ0) is 22.0. The molecule has 0 bridgehead atoms. The summed E-state index contributed by atoms with van der Waals surface area (Å²) in [5.74, 6) is 0.363. The summed E-state index contributed by atoms with van der Waals surface area (Å²) in [6.07, 6.45) is 0. The molecular formula is C23H23N5O3. The van der Waals surface area contributed by atoms with Gasteiger partial charge in [-0.05, 0) is 49.2 Å². The number of aryl methyl sites for hydroxylation is 2. The SMILES string of the molecule is COc1ccccc1CNC(=O)Cn1nc2ccc(-c3ccc(C)c(C)c3)nn2c1=O. The van der Waals surface area contributed by atoms with Gasteiger partial charge < -0.3 is 10.1 Å². The first-order chi connectivity index (χ1) is 15.0. The van der Waals surface area contributed by atoms with Crippen LogP contribution in [0.4, 0.5) is 0 Å². The van der Waals surface area contributed by atoms with Crippen LogP contribution in [0, 0.1) is 13.8 Å². The third-order valence-electron chi connectivity index (χ3n) is 5.20. The van der Waals surface area contributed by atoms with Crippen molar-refractivity contribution in [2.45, 2.75) is 26.9 Å². The Bertz CT molecular complexity index is 1320. The molecule has 0 radical (unpaired) electrons. The van der Waals surface area contributed by atoms with Gasteiger partial charge in [0.25, 0.3) is 0 Å². The van der Waals surface area contributed by atoms with E-state index in [0.717, 1.165) is 21.4 Å². The number of hydrogen-bond donors (Lipinski definition) is 1. The molecule has 0 aliphatic heterocycles. The lowest BCUT2D eigenvalue weighted by Gasteiger charge is -2.09. The molecule has 4 aromatic rings. The molecule has 1 N–H and O–H groups in total. The molecule has 2 heterocycles. The Morgan fingerprint density at radius 1 is 1.03 bits per heavy atom. The van der Waals surface area contributed by atoms with Crippen LogP contribution < -0.4 is 15.7 Å². The van der Waals surface area contributed by atoms with Gasteiger partial charge in [0.2, 0.25) is 5.91 Å². The van der Waals surface area contributed by atoms with Crippen LogP contribution in [0.3, 0.4) is 0 Å². The predicted octanol–water partition coefficient (Wildman–Crippen LogP) is 2.50. The molecule has 0 fully saturated rings. The number of benzene rings is 2. The minimum Gasteiger partial charge on any atom is -0.496 e. The Morgan fingerprint density at radius 2 is 1.84 bits per heavy atom. The van der Waals surface area contributed by atoms with E-state index in [9.17, 15) is 9.59 Å². The Hall–Kier alpha value is -3.94. The topological polar surface area (TPSA) is 90.5 Å². The maximum absolute atomic E-state index is 12.7. The van der Waals surface area contributed by atoms with Crippen LogP contribution in [0.5, 0.6) is 5.75 Å². The fraction of sp³-hybridized carbons (Fsp3) is 0.217. The minimum absolute atomic E-state index is 0.198. The van der Waals surface area contributed by atoms with Crippen LogP contribution in [0.15, 0.2) is 59.4 Å². The van der Waals surface area contributed by atoms with Gasteiger partial charge in [-0.2, -0.15) is 9.61 Å². The Kier molecular flexibility index (Phi) is 5.53. The molecule has 1 amide bonds. The van der Waals surface area contributed by atoms with Crippen molar-refractivity contribution in [3.05, 3.63) is 81.8 Å². The quantitative estimate of drug-likeness (QED) is 0.521. The smallest absolute Gasteiger partial charge is 0.367 e. The zero-order valence-corrected chi connectivity index (χ0v) is 17.6. The van der Waals surface area contributed by atoms with Crippen LogP contribution >= 0.6 is 0 Å². The average molecular weight is 417 g/mol. The molecule has 2 aromatic carbocycles. The number of aromatic nitrogens is 4. The van der Waals surface area contributed by atoms with Gasteiger partial charge in [-0.1, -0.05) is 30.3 Å². The van der Waals surface area contributed by atoms with Crippen molar-refractivity contribution in [3.8, 4) is 17.0 Å². The number of nitrogens with zero attached hydrogens (tertiary/aromatic N) is 4. The number of fused-ring (bicyclic) bond motifs is 1. The first-order valence-electron chi connectivity index (χ1n) is 9.89. The molecule has 4 rings (SSSR count). The largest absolute Gasteiger partial charge is 0.496 e. The predicted molar refractivity (Wildman–Crippen MR) is 117 cm³/mol. The van der Waals surface area contributed by atoms with Crippen molar-refractivity contribution >= 4 is 11.6 Å². The van der Waals surface area contributed by atoms with Gasteiger partial charge in [0.15, 0.2) is 5.65 Å². The van der Waals surface area contributed by atoms with E-state index in [4.69, 9.17) is 4.74 Å². The van der Waals surface area contributed by atoms with Crippen molar-refractivity contribution in [3.63, 3.8) is 0 Å². The fourth-order valence-electron chi connectivity index (χ4n) is 3.30. The van der Waals surface area contributed by atoms with Crippen LogP contribution in [0.25, 0.3) is 16.9 Å². The van der Waals surface area contributed by atoms with Gasteiger partial charge in [-0.3, -0.25) is 4.79 Å². The summed E-state index contributed by atoms with van der Waals surface area (Å²) >= 11 is 0. The van der Waals surface area contributed by atoms with Gasteiger partial charge in [0, 0.05) is 17.7 Å². The number of nitrogens with one attached hydrogen (secondary N) is 1. The second-order valence-electron chi connectivity index (χ2n) is 7.32. The third kappa shape index (κ3) is 4.18. The second-order valence-corrected chi connectivity index (χ2v) is 7.32. The van der Waals surface area contributed by atoms with Crippen molar-refractivity contribution in [2.75, 3.05) is 7.11 Å². The van der Waals surface area contributed by atoms with E-state index in [1.165, 1.54) is 10.1 Å². The molecule has 0 aliphatic rings. The number of para-hydroxylation sites is 1. The van der Waals surface area contributed by atoms with E-state index in [-0.39, 0.29) is 12.5 Å². The molecule has 0 saturated heterocycles. The first-order valence-corrected chi connectivity index (χ1v) is 9.89. The normalized spacial score (nSPS) is 10.9. The minimum atomic E-state index is -0.465. The van der Waals surface area contributed by atoms with E-state index < -0.39 is 5.69 Å². The fourth-order valence-corrected chi connectivity index (χ4v) is 3.30. The number of hydrogen-bond acceptors (Lipinski definition) is 5. The summed E-state index contributed by atoms with van der Waals surface area (Å²) in [5.41, 5.74) is 4.68. The molecule has 31 heavy (non-hydrogen) atoms. The molecule has 0 aliphatic carbocycles. The molecule has 0 saturated carbocycles. The van der Waals surface area contributed by atoms with Gasteiger partial charge >= 0.3 is 5.69 Å². The van der Waals surface area contributed by atoms with Crippen LogP contribution in [-0.2, 0) is 17.9 Å². The number of methoxy groups -OCH3 is 1. The van der Waals surface area contributed by atoms with E-state index in [2.05, 4.69) is 15.5 Å². The van der Waals surface area contributed by atoms with Crippen molar-refractivity contribution in [2.24, 2.45) is 0 Å². The molecule has 158 valence electrons. The van der Waals surface area contributed by atoms with E-state index >= 15 is 0 Å². The lowest BCUT2D eigenvalue weighted by molar-refractivity contribution is -0.122. The number of rotatable bonds is 6. The summed E-state index contributed by atoms with van der Waals surface area (Å²) in [4.78, 5) is 25.1. The summed E-state index contributed by atoms with van der Waals surface area (Å²) in [7, 11) is 1.58. The molecule has 0 unspecified atom stereocenters. The number of ether oxygens (including phenoxy) is 1. The highest BCUT2D eigenvalue weighted by molar-refractivity contribution is 5.75. The molecule has 8 heteroatoms. The van der Waals surface area contributed by atoms with E-state index in [1.807, 2.05) is 62.4 Å². The van der Waals surface area contributed by atoms with Crippen LogP contribution in [0.2, 0.25) is 0 Å². The summed E-state index contributed by atoms with van der Waals surface area (Å²) < 4.78 is 7.62. The summed E-state index contributed by atoms with van der Waals surface area (Å²) in [6, 6.07) is 17.0. The van der Waals surface area contributed by atoms with Gasteiger partial charge in [-0.15, -0.1) is 5.10 Å². The summed E-state index contributed by atoms with van der Waals surface area (Å²) in [6.45, 7) is 4.17. The highest BCUT2D eigenvalue weighted by Crippen LogP contribution is 2.20. The van der Waals surface area contributed by atoms with E-state index in [0.29, 0.717) is 23.6 Å². The van der Waals surface area contributed by atoms with E-state index in [1.54, 1.807) is 13.2 Å². The van der Waals surface area contributed by atoms with Crippen molar-refractivity contribution in [1.29, 1.82) is 0 Å². The highest BCUT2D eigenvalue weighted by Gasteiger charge is 2.13. The van der Waals surface area contributed by atoms with Gasteiger partial charge in [0.1, 0.15) is 12.3 Å². The Labute approximate surface area is 179 Å². The lowest BCUT2D eigenvalue weighted by atomic mass is 10.0. The molecule has 0 atom stereocenters. The standard InChI is InChI=1S/C23H23N5O3/c1-15-8-9-17(12-16(15)2)19-10-11-21-26-27(23(30)28(21)25-19)14-22(29)24-13-18-6-4-5-7-20(18)31-3/h4-12H,13-14H2,1-3H3,(H,24,29). The maximum atomic E-state index is 12.7. The second kappa shape index (κ2) is 8.43.